The van der Waals surface area contributed by atoms with Gasteiger partial charge >= 0.3 is 0 Å². The van der Waals surface area contributed by atoms with E-state index in [0.717, 1.165) is 0 Å². The Bertz CT molecular complexity index is 673. The maximum atomic E-state index is 12.8. The summed E-state index contributed by atoms with van der Waals surface area (Å²) >= 11 is 0. The van der Waals surface area contributed by atoms with Gasteiger partial charge in [-0.2, -0.15) is 4.31 Å². The lowest BCUT2D eigenvalue weighted by molar-refractivity contribution is -0.126. The monoisotopic (exact) mass is 373 g/mol. The number of aromatic nitrogens is 1. The van der Waals surface area contributed by atoms with E-state index in [9.17, 15) is 13.2 Å². The Balaban J connectivity index is 1.96. The number of carbonyl (C=O) groups excluding carboxylic acids is 1. The maximum absolute atomic E-state index is 12.8. The van der Waals surface area contributed by atoms with Crippen molar-refractivity contribution in [2.45, 2.75) is 38.5 Å². The third kappa shape index (κ3) is 4.39. The second-order valence-electron chi connectivity index (χ2n) is 6.47. The highest BCUT2D eigenvalue weighted by atomic mass is 32.2. The van der Waals surface area contributed by atoms with Crippen molar-refractivity contribution in [2.75, 3.05) is 33.4 Å². The number of nitrogens with one attached hydrogen (secondary N) is 1. The summed E-state index contributed by atoms with van der Waals surface area (Å²) in [6.45, 7) is 6.88. The van der Waals surface area contributed by atoms with Crippen molar-refractivity contribution in [1.29, 1.82) is 0 Å². The van der Waals surface area contributed by atoms with Gasteiger partial charge in [0.25, 0.3) is 0 Å². The first-order chi connectivity index (χ1) is 11.8. The molecular formula is C16H27N3O5S. The molecule has 0 saturated carbocycles. The van der Waals surface area contributed by atoms with Gasteiger partial charge in [0, 0.05) is 32.7 Å². The Morgan fingerprint density at radius 2 is 2.04 bits per heavy atom. The Hall–Kier alpha value is -1.45. The van der Waals surface area contributed by atoms with Crippen LogP contribution in [0.3, 0.4) is 0 Å². The zero-order valence-electron chi connectivity index (χ0n) is 15.2. The minimum atomic E-state index is -3.61. The second kappa shape index (κ2) is 8.29. The van der Waals surface area contributed by atoms with E-state index in [4.69, 9.17) is 9.26 Å². The number of ether oxygens (including phenoxy) is 1. The van der Waals surface area contributed by atoms with Crippen molar-refractivity contribution in [3.63, 3.8) is 0 Å². The van der Waals surface area contributed by atoms with Crippen LogP contribution in [-0.2, 0) is 19.6 Å². The maximum Gasteiger partial charge on any atom is 0.248 e. The lowest BCUT2D eigenvalue weighted by atomic mass is 9.85. The molecule has 1 aromatic rings. The van der Waals surface area contributed by atoms with Crippen LogP contribution >= 0.6 is 0 Å². The molecule has 0 bridgehead atoms. The molecule has 0 spiro atoms. The fourth-order valence-electron chi connectivity index (χ4n) is 3.24. The van der Waals surface area contributed by atoms with Gasteiger partial charge in [0.2, 0.25) is 15.9 Å². The van der Waals surface area contributed by atoms with Gasteiger partial charge in [-0.25, -0.2) is 8.42 Å². The number of hydrogen-bond donors (Lipinski definition) is 1. The van der Waals surface area contributed by atoms with E-state index in [1.165, 1.54) is 4.31 Å². The van der Waals surface area contributed by atoms with Gasteiger partial charge in [0.15, 0.2) is 5.76 Å². The molecule has 1 N–H and O–H groups in total. The number of rotatable bonds is 7. The van der Waals surface area contributed by atoms with Crippen LogP contribution in [0.1, 0.15) is 31.2 Å². The molecule has 1 aliphatic rings. The van der Waals surface area contributed by atoms with Crippen molar-refractivity contribution in [3.8, 4) is 0 Å². The number of piperidine rings is 1. The summed E-state index contributed by atoms with van der Waals surface area (Å²) in [4.78, 5) is 12.3. The molecule has 1 amide bonds. The number of amides is 1. The molecule has 0 aromatic carbocycles. The third-order valence-electron chi connectivity index (χ3n) is 4.79. The van der Waals surface area contributed by atoms with Gasteiger partial charge < -0.3 is 14.6 Å². The van der Waals surface area contributed by atoms with Gasteiger partial charge in [-0.15, -0.1) is 0 Å². The molecule has 1 aromatic heterocycles. The third-order valence-corrected chi connectivity index (χ3v) is 6.93. The molecule has 1 atom stereocenters. The molecule has 0 radical (unpaired) electrons. The van der Waals surface area contributed by atoms with E-state index in [1.54, 1.807) is 21.0 Å². The van der Waals surface area contributed by atoms with Crippen molar-refractivity contribution in [3.05, 3.63) is 11.5 Å². The van der Waals surface area contributed by atoms with Gasteiger partial charge in [0.05, 0.1) is 6.61 Å². The van der Waals surface area contributed by atoms with Gasteiger partial charge in [-0.3, -0.25) is 4.79 Å². The molecule has 1 fully saturated rings. The predicted octanol–water partition coefficient (Wildman–Crippen LogP) is 1.09. The van der Waals surface area contributed by atoms with E-state index in [-0.39, 0.29) is 22.6 Å². The number of nitrogens with zero attached hydrogens (tertiary/aromatic N) is 2. The second-order valence-corrected chi connectivity index (χ2v) is 8.34. The van der Waals surface area contributed by atoms with Crippen molar-refractivity contribution >= 4 is 15.9 Å². The molecule has 25 heavy (non-hydrogen) atoms. The Labute approximate surface area is 148 Å². The highest BCUT2D eigenvalue weighted by Crippen LogP contribution is 2.30. The first kappa shape index (κ1) is 19.9. The van der Waals surface area contributed by atoms with Crippen LogP contribution < -0.4 is 5.32 Å². The van der Waals surface area contributed by atoms with Crippen molar-refractivity contribution in [2.24, 2.45) is 11.8 Å². The zero-order chi connectivity index (χ0) is 18.6. The van der Waals surface area contributed by atoms with Crippen LogP contribution in [0.5, 0.6) is 0 Å². The van der Waals surface area contributed by atoms with Crippen LogP contribution in [0.2, 0.25) is 0 Å². The number of aryl methyl sites for hydroxylation is 2. The largest absolute Gasteiger partial charge is 0.383 e. The lowest BCUT2D eigenvalue weighted by Crippen LogP contribution is -2.43. The van der Waals surface area contributed by atoms with Crippen LogP contribution in [-0.4, -0.2) is 57.1 Å². The summed E-state index contributed by atoms with van der Waals surface area (Å²) in [5.74, 6) is 0.314. The van der Waals surface area contributed by atoms with Crippen LogP contribution in [0.4, 0.5) is 0 Å². The van der Waals surface area contributed by atoms with Crippen LogP contribution in [0.15, 0.2) is 9.42 Å². The topological polar surface area (TPSA) is 102 Å². The number of methoxy groups -OCH3 is 1. The Kier molecular flexibility index (Phi) is 6.59. The highest BCUT2D eigenvalue weighted by Gasteiger charge is 2.36. The molecule has 1 saturated heterocycles. The zero-order valence-corrected chi connectivity index (χ0v) is 16.1. The lowest BCUT2D eigenvalue weighted by Gasteiger charge is -2.33. The van der Waals surface area contributed by atoms with Crippen LogP contribution in [0, 0.1) is 25.7 Å². The fourth-order valence-corrected chi connectivity index (χ4v) is 5.00. The SMILES string of the molecule is COCCNC(=O)[C@H](C)C1CCN(S(=O)(=O)c2c(C)noc2C)CC1. The Morgan fingerprint density at radius 3 is 2.56 bits per heavy atom. The van der Waals surface area contributed by atoms with E-state index >= 15 is 0 Å². The summed E-state index contributed by atoms with van der Waals surface area (Å²) in [7, 11) is -2.02. The summed E-state index contributed by atoms with van der Waals surface area (Å²) in [6.07, 6.45) is 1.31. The summed E-state index contributed by atoms with van der Waals surface area (Å²) in [5.41, 5.74) is 0.380. The number of sulfonamides is 1. The molecule has 1 aliphatic heterocycles. The first-order valence-corrected chi connectivity index (χ1v) is 9.92. The number of carbonyl (C=O) groups is 1. The molecule has 2 heterocycles. The Morgan fingerprint density at radius 1 is 1.40 bits per heavy atom. The molecule has 142 valence electrons. The first-order valence-electron chi connectivity index (χ1n) is 8.48. The molecule has 9 heteroatoms. The molecule has 0 aliphatic carbocycles. The summed E-state index contributed by atoms with van der Waals surface area (Å²) < 4.78 is 37.0. The normalized spacial score (nSPS) is 18.2. The average molecular weight is 373 g/mol. The number of hydrogen-bond acceptors (Lipinski definition) is 6. The van der Waals surface area contributed by atoms with Gasteiger partial charge in [0.1, 0.15) is 10.6 Å². The van der Waals surface area contributed by atoms with Gasteiger partial charge in [-0.05, 0) is 32.6 Å². The molecule has 0 unspecified atom stereocenters. The fraction of sp³-hybridized carbons (Fsp3) is 0.750. The van der Waals surface area contributed by atoms with E-state index in [0.29, 0.717) is 50.5 Å². The minimum Gasteiger partial charge on any atom is -0.383 e. The standard InChI is InChI=1S/C16H27N3O5S/c1-11(16(20)17-7-10-23-4)14-5-8-19(9-6-14)25(21,22)15-12(2)18-24-13(15)3/h11,14H,5-10H2,1-4H3,(H,17,20)/t11-/m1/s1. The minimum absolute atomic E-state index is 0.0101. The van der Waals surface area contributed by atoms with E-state index in [2.05, 4.69) is 10.5 Å². The molecular weight excluding hydrogens is 346 g/mol. The quantitative estimate of drug-likeness (QED) is 0.718. The predicted molar refractivity (Wildman–Crippen MR) is 91.5 cm³/mol. The molecule has 2 rings (SSSR count). The van der Waals surface area contributed by atoms with E-state index in [1.807, 2.05) is 6.92 Å². The smallest absolute Gasteiger partial charge is 0.248 e. The summed E-state index contributed by atoms with van der Waals surface area (Å²) in [6, 6.07) is 0. The van der Waals surface area contributed by atoms with E-state index < -0.39 is 10.0 Å². The van der Waals surface area contributed by atoms with Gasteiger partial charge in [-0.1, -0.05) is 12.1 Å². The van der Waals surface area contributed by atoms with Crippen molar-refractivity contribution in [1.82, 2.24) is 14.8 Å². The van der Waals surface area contributed by atoms with Crippen LogP contribution in [0.25, 0.3) is 0 Å². The highest BCUT2D eigenvalue weighted by molar-refractivity contribution is 7.89. The summed E-state index contributed by atoms with van der Waals surface area (Å²) in [5, 5.41) is 6.58. The average Bonchev–Trinajstić information content (AvgIpc) is 2.93. The van der Waals surface area contributed by atoms with Crippen molar-refractivity contribution < 1.29 is 22.5 Å². The molecule has 8 nitrogen and oxygen atoms in total.